The SMILES string of the molecule is C/C(=C\C(=O)NCCNC(=O)CC#N)C(C)(C)C. The van der Waals surface area contributed by atoms with Gasteiger partial charge >= 0.3 is 0 Å². The molecule has 100 valence electrons. The van der Waals surface area contributed by atoms with E-state index in [0.29, 0.717) is 13.1 Å². The van der Waals surface area contributed by atoms with Crippen molar-refractivity contribution in [3.63, 3.8) is 0 Å². The van der Waals surface area contributed by atoms with Gasteiger partial charge in [-0.2, -0.15) is 5.26 Å². The van der Waals surface area contributed by atoms with Gasteiger partial charge in [0, 0.05) is 19.2 Å². The maximum atomic E-state index is 11.5. The number of allylic oxidation sites excluding steroid dienone is 1. The molecule has 0 aromatic carbocycles. The third-order valence-corrected chi connectivity index (χ3v) is 2.52. The number of hydrogen-bond donors (Lipinski definition) is 2. The van der Waals surface area contributed by atoms with Crippen LogP contribution in [0.5, 0.6) is 0 Å². The van der Waals surface area contributed by atoms with Gasteiger partial charge in [0.05, 0.1) is 6.07 Å². The van der Waals surface area contributed by atoms with E-state index in [0.717, 1.165) is 5.57 Å². The second-order valence-corrected chi connectivity index (χ2v) is 5.05. The first-order valence-electron chi connectivity index (χ1n) is 5.87. The van der Waals surface area contributed by atoms with Crippen LogP contribution in [0, 0.1) is 16.7 Å². The first-order valence-corrected chi connectivity index (χ1v) is 5.87. The topological polar surface area (TPSA) is 82.0 Å². The van der Waals surface area contributed by atoms with E-state index >= 15 is 0 Å². The molecule has 0 radical (unpaired) electrons. The lowest BCUT2D eigenvalue weighted by molar-refractivity contribution is -0.120. The number of rotatable bonds is 5. The lowest BCUT2D eigenvalue weighted by Gasteiger charge is -2.19. The minimum absolute atomic E-state index is 0.0294. The molecular weight excluding hydrogens is 230 g/mol. The Labute approximate surface area is 108 Å². The molecule has 0 fully saturated rings. The second-order valence-electron chi connectivity index (χ2n) is 5.05. The van der Waals surface area contributed by atoms with E-state index in [1.54, 1.807) is 12.1 Å². The normalized spacial score (nSPS) is 11.6. The van der Waals surface area contributed by atoms with Gasteiger partial charge in [0.2, 0.25) is 11.8 Å². The fraction of sp³-hybridized carbons (Fsp3) is 0.615. The Kier molecular flexibility index (Phi) is 6.73. The Morgan fingerprint density at radius 3 is 2.28 bits per heavy atom. The minimum atomic E-state index is -0.326. The predicted octanol–water partition coefficient (Wildman–Crippen LogP) is 1.12. The molecular formula is C13H21N3O2. The van der Waals surface area contributed by atoms with Gasteiger partial charge in [-0.05, 0) is 12.3 Å². The number of nitrogens with one attached hydrogen (secondary N) is 2. The van der Waals surface area contributed by atoms with E-state index in [1.807, 2.05) is 27.7 Å². The van der Waals surface area contributed by atoms with Crippen molar-refractivity contribution in [1.29, 1.82) is 5.26 Å². The number of nitriles is 1. The largest absolute Gasteiger partial charge is 0.353 e. The molecule has 0 aromatic rings. The summed E-state index contributed by atoms with van der Waals surface area (Å²) in [4.78, 5) is 22.5. The van der Waals surface area contributed by atoms with Crippen LogP contribution in [-0.4, -0.2) is 24.9 Å². The van der Waals surface area contributed by atoms with Crippen LogP contribution in [0.4, 0.5) is 0 Å². The summed E-state index contributed by atoms with van der Waals surface area (Å²) in [6.45, 7) is 8.70. The monoisotopic (exact) mass is 251 g/mol. The highest BCUT2D eigenvalue weighted by Gasteiger charge is 2.13. The zero-order chi connectivity index (χ0) is 14.2. The molecule has 0 aromatic heterocycles. The molecule has 0 heterocycles. The summed E-state index contributed by atoms with van der Waals surface area (Å²) in [6, 6.07) is 1.75. The lowest BCUT2D eigenvalue weighted by atomic mass is 9.87. The summed E-state index contributed by atoms with van der Waals surface area (Å²) in [7, 11) is 0. The van der Waals surface area contributed by atoms with E-state index in [2.05, 4.69) is 10.6 Å². The minimum Gasteiger partial charge on any atom is -0.353 e. The molecule has 0 unspecified atom stereocenters. The summed E-state index contributed by atoms with van der Waals surface area (Å²) in [5.41, 5.74) is 0.965. The first kappa shape index (κ1) is 16.2. The van der Waals surface area contributed by atoms with Crippen molar-refractivity contribution in [2.75, 3.05) is 13.1 Å². The quantitative estimate of drug-likeness (QED) is 0.567. The molecule has 0 atom stereocenters. The third-order valence-electron chi connectivity index (χ3n) is 2.52. The van der Waals surface area contributed by atoms with Crippen LogP contribution in [0.1, 0.15) is 34.1 Å². The third kappa shape index (κ3) is 7.44. The number of carbonyl (C=O) groups is 2. The highest BCUT2D eigenvalue weighted by molar-refractivity contribution is 5.88. The second kappa shape index (κ2) is 7.49. The van der Waals surface area contributed by atoms with Crippen molar-refractivity contribution >= 4 is 11.8 Å². The van der Waals surface area contributed by atoms with Crippen LogP contribution in [0.3, 0.4) is 0 Å². The Balaban J connectivity index is 3.93. The maximum Gasteiger partial charge on any atom is 0.244 e. The van der Waals surface area contributed by atoms with Gasteiger partial charge < -0.3 is 10.6 Å². The molecule has 0 bridgehead atoms. The predicted molar refractivity (Wildman–Crippen MR) is 69.5 cm³/mol. The van der Waals surface area contributed by atoms with Crippen LogP contribution >= 0.6 is 0 Å². The van der Waals surface area contributed by atoms with E-state index in [4.69, 9.17) is 5.26 Å². The summed E-state index contributed by atoms with van der Waals surface area (Å²) in [5.74, 6) is -0.495. The van der Waals surface area contributed by atoms with Crippen molar-refractivity contribution in [2.24, 2.45) is 5.41 Å². The van der Waals surface area contributed by atoms with E-state index in [-0.39, 0.29) is 23.7 Å². The summed E-state index contributed by atoms with van der Waals surface area (Å²) in [5, 5.41) is 13.5. The molecule has 5 nitrogen and oxygen atoms in total. The zero-order valence-corrected chi connectivity index (χ0v) is 11.5. The molecule has 0 aliphatic carbocycles. The van der Waals surface area contributed by atoms with Crippen molar-refractivity contribution in [2.45, 2.75) is 34.1 Å². The molecule has 0 saturated carbocycles. The molecule has 0 spiro atoms. The summed E-state index contributed by atoms with van der Waals surface area (Å²) < 4.78 is 0. The van der Waals surface area contributed by atoms with Crippen LogP contribution in [0.15, 0.2) is 11.6 Å². The van der Waals surface area contributed by atoms with E-state index in [9.17, 15) is 9.59 Å². The van der Waals surface area contributed by atoms with Crippen molar-refractivity contribution in [3.05, 3.63) is 11.6 Å². The molecule has 0 aliphatic rings. The highest BCUT2D eigenvalue weighted by atomic mass is 16.2. The maximum absolute atomic E-state index is 11.5. The summed E-state index contributed by atoms with van der Waals surface area (Å²) in [6.07, 6.45) is 1.41. The van der Waals surface area contributed by atoms with Crippen molar-refractivity contribution < 1.29 is 9.59 Å². The number of nitrogens with zero attached hydrogens (tertiary/aromatic N) is 1. The Hall–Kier alpha value is -1.83. The smallest absolute Gasteiger partial charge is 0.244 e. The lowest BCUT2D eigenvalue weighted by Crippen LogP contribution is -2.34. The van der Waals surface area contributed by atoms with E-state index in [1.165, 1.54) is 0 Å². The van der Waals surface area contributed by atoms with Gasteiger partial charge in [0.15, 0.2) is 0 Å². The molecule has 2 N–H and O–H groups in total. The van der Waals surface area contributed by atoms with Gasteiger partial charge in [-0.3, -0.25) is 9.59 Å². The zero-order valence-electron chi connectivity index (χ0n) is 11.5. The fourth-order valence-electron chi connectivity index (χ4n) is 0.986. The molecule has 5 heteroatoms. The van der Waals surface area contributed by atoms with Gasteiger partial charge in [-0.1, -0.05) is 26.3 Å². The van der Waals surface area contributed by atoms with Gasteiger partial charge in [0.1, 0.15) is 6.42 Å². The van der Waals surface area contributed by atoms with Gasteiger partial charge in [-0.15, -0.1) is 0 Å². The molecule has 18 heavy (non-hydrogen) atoms. The molecule has 0 rings (SSSR count). The van der Waals surface area contributed by atoms with Crippen LogP contribution < -0.4 is 10.6 Å². The van der Waals surface area contributed by atoms with Crippen molar-refractivity contribution in [1.82, 2.24) is 10.6 Å². The standard InChI is InChI=1S/C13H21N3O2/c1-10(13(2,3)4)9-12(18)16-8-7-15-11(17)5-6-14/h9H,5,7-8H2,1-4H3,(H,15,17)(H,16,18)/b10-9+. The highest BCUT2D eigenvalue weighted by Crippen LogP contribution is 2.23. The Bertz CT molecular complexity index is 373. The van der Waals surface area contributed by atoms with Gasteiger partial charge in [0.25, 0.3) is 0 Å². The van der Waals surface area contributed by atoms with Crippen LogP contribution in [0.25, 0.3) is 0 Å². The van der Waals surface area contributed by atoms with Crippen LogP contribution in [0.2, 0.25) is 0 Å². The number of hydrogen-bond acceptors (Lipinski definition) is 3. The van der Waals surface area contributed by atoms with E-state index < -0.39 is 0 Å². The Morgan fingerprint density at radius 2 is 1.78 bits per heavy atom. The molecule has 0 aliphatic heterocycles. The van der Waals surface area contributed by atoms with Gasteiger partial charge in [-0.25, -0.2) is 0 Å². The summed E-state index contributed by atoms with van der Waals surface area (Å²) >= 11 is 0. The average molecular weight is 251 g/mol. The van der Waals surface area contributed by atoms with Crippen LogP contribution in [-0.2, 0) is 9.59 Å². The first-order chi connectivity index (χ1) is 8.27. The number of amides is 2. The average Bonchev–Trinajstić information content (AvgIpc) is 2.23. The van der Waals surface area contributed by atoms with Crippen molar-refractivity contribution in [3.8, 4) is 6.07 Å². The Morgan fingerprint density at radius 1 is 1.22 bits per heavy atom. The molecule has 0 saturated heterocycles. The molecule has 2 amide bonds. The number of carbonyl (C=O) groups excluding carboxylic acids is 2. The fourth-order valence-corrected chi connectivity index (χ4v) is 0.986.